The second-order valence-corrected chi connectivity index (χ2v) is 5.78. The molecule has 0 amide bonds. The summed E-state index contributed by atoms with van der Waals surface area (Å²) in [4.78, 5) is 4.40. The number of para-hydroxylation sites is 1. The summed E-state index contributed by atoms with van der Waals surface area (Å²) >= 11 is 0. The number of benzene rings is 1. The van der Waals surface area contributed by atoms with Crippen LogP contribution in [0.3, 0.4) is 0 Å². The summed E-state index contributed by atoms with van der Waals surface area (Å²) in [6.07, 6.45) is 1.63. The van der Waals surface area contributed by atoms with Gasteiger partial charge in [-0.15, -0.1) is 0 Å². The molecule has 1 heterocycles. The molecule has 2 aromatic rings. The van der Waals surface area contributed by atoms with E-state index in [1.54, 1.807) is 6.07 Å². The largest absolute Gasteiger partial charge is 0.507 e. The van der Waals surface area contributed by atoms with Crippen molar-refractivity contribution in [1.29, 1.82) is 0 Å². The topological polar surface area (TPSA) is 59.1 Å². The van der Waals surface area contributed by atoms with Crippen molar-refractivity contribution in [1.82, 2.24) is 4.98 Å². The van der Waals surface area contributed by atoms with E-state index in [4.69, 9.17) is 12.7 Å². The van der Waals surface area contributed by atoms with Gasteiger partial charge in [0, 0.05) is 23.6 Å². The Hall–Kier alpha value is -1.87. The molecule has 0 fully saturated rings. The molecule has 0 aliphatic rings. The Bertz CT molecular complexity index is 620. The minimum Gasteiger partial charge on any atom is -0.507 e. The van der Waals surface area contributed by atoms with E-state index in [1.165, 1.54) is 0 Å². The number of hydrogen-bond donors (Lipinski definition) is 2. The molecule has 0 aliphatic heterocycles. The fraction of sp³-hybridized carbons (Fsp3) is 0.333. The van der Waals surface area contributed by atoms with Crippen LogP contribution in [0, 0.1) is 6.92 Å². The number of rotatable bonds is 5. The van der Waals surface area contributed by atoms with E-state index >= 15 is 0 Å². The van der Waals surface area contributed by atoms with Crippen LogP contribution < -0.4 is 5.73 Å². The Morgan fingerprint density at radius 3 is 2.57 bits per heavy atom. The van der Waals surface area contributed by atoms with Crippen LogP contribution in [0.2, 0.25) is 0 Å². The molecule has 0 saturated heterocycles. The summed E-state index contributed by atoms with van der Waals surface area (Å²) in [6, 6.07) is 11.4. The molecule has 0 spiro atoms. The number of aryl methyl sites for hydroxylation is 1. The molecular weight excluding hydrogens is 260 g/mol. The first-order valence-corrected chi connectivity index (χ1v) is 7.21. The van der Waals surface area contributed by atoms with E-state index in [2.05, 4.69) is 4.98 Å². The van der Waals surface area contributed by atoms with Crippen molar-refractivity contribution < 1.29 is 5.11 Å². The molecule has 2 radical (unpaired) electrons. The summed E-state index contributed by atoms with van der Waals surface area (Å²) in [5.41, 5.74) is 8.24. The Balaban J connectivity index is 2.44. The van der Waals surface area contributed by atoms with E-state index in [0.717, 1.165) is 29.7 Å². The van der Waals surface area contributed by atoms with E-state index in [-0.39, 0.29) is 0 Å². The third kappa shape index (κ3) is 3.24. The molecule has 21 heavy (non-hydrogen) atoms. The first kappa shape index (κ1) is 15.5. The number of aromatic nitrogens is 1. The summed E-state index contributed by atoms with van der Waals surface area (Å²) in [6.45, 7) is 10.5. The normalized spacial score (nSPS) is 11.6. The van der Waals surface area contributed by atoms with Gasteiger partial charge >= 0.3 is 0 Å². The summed E-state index contributed by atoms with van der Waals surface area (Å²) in [7, 11) is 0. The summed E-state index contributed by atoms with van der Waals surface area (Å²) in [5.74, 6) is 0.333. The molecule has 3 nitrogen and oxygen atoms in total. The highest BCUT2D eigenvalue weighted by Crippen LogP contribution is 2.37. The third-order valence-electron chi connectivity index (χ3n) is 3.85. The van der Waals surface area contributed by atoms with Gasteiger partial charge in [-0.25, -0.2) is 0 Å². The van der Waals surface area contributed by atoms with E-state index < -0.39 is 5.41 Å². The average molecular weight is 282 g/mol. The molecule has 0 unspecified atom stereocenters. The zero-order chi connectivity index (χ0) is 15.5. The Morgan fingerprint density at radius 1 is 1.19 bits per heavy atom. The lowest BCUT2D eigenvalue weighted by molar-refractivity contribution is 0.444. The average Bonchev–Trinajstić information content (AvgIpc) is 2.46. The van der Waals surface area contributed by atoms with Gasteiger partial charge in [-0.3, -0.25) is 4.98 Å². The molecule has 0 atom stereocenters. The molecule has 1 aromatic carbocycles. The Labute approximate surface area is 126 Å². The number of phenolic OH excluding ortho intramolecular Hbond substituents is 1. The van der Waals surface area contributed by atoms with Gasteiger partial charge in [-0.2, -0.15) is 0 Å². The van der Waals surface area contributed by atoms with Gasteiger partial charge in [-0.1, -0.05) is 38.1 Å². The standard InChI is InChI=1S/C18H22N2O/c1-13-7-4-11-16(20-13)18(2,3)15-10-5-8-14(17(15)21)9-6-12-19/h1,4-5,7-8,10-11,21H,6,9,12,19H2,2-3H3. The van der Waals surface area contributed by atoms with Gasteiger partial charge < -0.3 is 10.8 Å². The van der Waals surface area contributed by atoms with Crippen LogP contribution in [-0.4, -0.2) is 16.6 Å². The van der Waals surface area contributed by atoms with Crippen LogP contribution in [0.25, 0.3) is 0 Å². The fourth-order valence-corrected chi connectivity index (χ4v) is 2.53. The van der Waals surface area contributed by atoms with Crippen molar-refractivity contribution >= 4 is 0 Å². The predicted octanol–water partition coefficient (Wildman–Crippen LogP) is 3.06. The minimum atomic E-state index is -0.418. The predicted molar refractivity (Wildman–Crippen MR) is 85.2 cm³/mol. The lowest BCUT2D eigenvalue weighted by Crippen LogP contribution is -2.21. The summed E-state index contributed by atoms with van der Waals surface area (Å²) < 4.78 is 0. The van der Waals surface area contributed by atoms with Crippen molar-refractivity contribution in [3.8, 4) is 5.75 Å². The highest BCUT2D eigenvalue weighted by molar-refractivity contribution is 5.48. The van der Waals surface area contributed by atoms with Gasteiger partial charge in [-0.05, 0) is 37.1 Å². The molecule has 3 heteroatoms. The first-order chi connectivity index (χ1) is 9.96. The molecule has 0 saturated carbocycles. The van der Waals surface area contributed by atoms with Crippen LogP contribution in [-0.2, 0) is 11.8 Å². The molecule has 110 valence electrons. The second kappa shape index (κ2) is 6.27. The van der Waals surface area contributed by atoms with Crippen LogP contribution in [0.5, 0.6) is 5.75 Å². The van der Waals surface area contributed by atoms with Crippen molar-refractivity contribution in [3.63, 3.8) is 0 Å². The van der Waals surface area contributed by atoms with Crippen LogP contribution in [0.4, 0.5) is 0 Å². The molecule has 2 rings (SSSR count). The number of aromatic hydroxyl groups is 1. The molecule has 0 bridgehead atoms. The van der Waals surface area contributed by atoms with E-state index in [9.17, 15) is 5.11 Å². The maximum Gasteiger partial charge on any atom is 0.122 e. The Morgan fingerprint density at radius 2 is 1.90 bits per heavy atom. The van der Waals surface area contributed by atoms with Crippen LogP contribution >= 0.6 is 0 Å². The molecular formula is C18H22N2O. The number of pyridine rings is 1. The van der Waals surface area contributed by atoms with Crippen molar-refractivity contribution in [2.45, 2.75) is 32.1 Å². The van der Waals surface area contributed by atoms with Crippen molar-refractivity contribution in [2.75, 3.05) is 6.54 Å². The zero-order valence-corrected chi connectivity index (χ0v) is 12.6. The number of nitrogens with two attached hydrogens (primary N) is 1. The molecule has 0 aliphatic carbocycles. The van der Waals surface area contributed by atoms with E-state index in [1.807, 2.05) is 44.2 Å². The van der Waals surface area contributed by atoms with E-state index in [0.29, 0.717) is 18.0 Å². The lowest BCUT2D eigenvalue weighted by atomic mass is 9.79. The highest BCUT2D eigenvalue weighted by atomic mass is 16.3. The maximum atomic E-state index is 10.6. The summed E-state index contributed by atoms with van der Waals surface area (Å²) in [5, 5.41) is 10.6. The van der Waals surface area contributed by atoms with Gasteiger partial charge in [0.2, 0.25) is 0 Å². The number of hydrogen-bond acceptors (Lipinski definition) is 3. The van der Waals surface area contributed by atoms with Gasteiger partial charge in [0.25, 0.3) is 0 Å². The van der Waals surface area contributed by atoms with Gasteiger partial charge in [0.05, 0.1) is 5.69 Å². The highest BCUT2D eigenvalue weighted by Gasteiger charge is 2.28. The van der Waals surface area contributed by atoms with Crippen molar-refractivity contribution in [3.05, 3.63) is 65.8 Å². The zero-order valence-electron chi connectivity index (χ0n) is 12.6. The molecule has 1 aromatic heterocycles. The quantitative estimate of drug-likeness (QED) is 0.886. The Kier molecular flexibility index (Phi) is 4.63. The fourth-order valence-electron chi connectivity index (χ4n) is 2.53. The lowest BCUT2D eigenvalue weighted by Gasteiger charge is -2.27. The smallest absolute Gasteiger partial charge is 0.122 e. The van der Waals surface area contributed by atoms with Gasteiger partial charge in [0.1, 0.15) is 5.75 Å². The van der Waals surface area contributed by atoms with Crippen LogP contribution in [0.15, 0.2) is 36.4 Å². The first-order valence-electron chi connectivity index (χ1n) is 7.21. The molecule has 3 N–H and O–H groups in total. The number of nitrogens with zero attached hydrogens (tertiary/aromatic N) is 1. The third-order valence-corrected chi connectivity index (χ3v) is 3.85. The van der Waals surface area contributed by atoms with Crippen molar-refractivity contribution in [2.24, 2.45) is 5.73 Å². The maximum absolute atomic E-state index is 10.6. The second-order valence-electron chi connectivity index (χ2n) is 5.78. The SMILES string of the molecule is [CH]c1cccc(C(C)(C)c2cccc(CCCN)c2O)n1. The number of phenols is 1. The monoisotopic (exact) mass is 282 g/mol. The van der Waals surface area contributed by atoms with Crippen LogP contribution in [0.1, 0.15) is 42.8 Å². The van der Waals surface area contributed by atoms with Gasteiger partial charge in [0.15, 0.2) is 0 Å². The minimum absolute atomic E-state index is 0.333.